The van der Waals surface area contributed by atoms with Crippen LogP contribution in [0, 0.1) is 0 Å². The minimum Gasteiger partial charge on any atom is -0.759 e. The number of hydrogen-bond donors (Lipinski definition) is 0. The number of nitrogens with zero attached hydrogens (tertiary/aromatic N) is 3. The van der Waals surface area contributed by atoms with Gasteiger partial charge in [0.1, 0.15) is 0 Å². The molecule has 0 atom stereocenters. The Bertz CT molecular complexity index is 661. The second-order valence-electron chi connectivity index (χ2n) is 4.56. The molecule has 0 unspecified atom stereocenters. The molecule has 8 nitrogen and oxygen atoms in total. The second-order valence-corrected chi connectivity index (χ2v) is 5.38. The van der Waals surface area contributed by atoms with E-state index in [1.807, 2.05) is 30.3 Å². The van der Waals surface area contributed by atoms with Crippen molar-refractivity contribution in [1.82, 2.24) is 15.0 Å². The van der Waals surface area contributed by atoms with Crippen LogP contribution in [-0.2, 0) is 16.8 Å². The van der Waals surface area contributed by atoms with Crippen LogP contribution in [0.5, 0.6) is 0 Å². The van der Waals surface area contributed by atoms with Gasteiger partial charge in [0.15, 0.2) is 0 Å². The highest BCUT2D eigenvalue weighted by atomic mass is 32.3. The first-order valence-electron chi connectivity index (χ1n) is 7.10. The molecule has 1 aromatic heterocycles. The van der Waals surface area contributed by atoms with Crippen molar-refractivity contribution in [2.45, 2.75) is 20.3 Å². The largest absolute Gasteiger partial charge is 0.759 e. The molecule has 2 aromatic rings. The van der Waals surface area contributed by atoms with Crippen molar-refractivity contribution in [2.24, 2.45) is 0 Å². The van der Waals surface area contributed by atoms with Crippen molar-refractivity contribution in [3.8, 4) is 11.4 Å². The van der Waals surface area contributed by atoms with Crippen LogP contribution in [0.3, 0.4) is 0 Å². The third-order valence-corrected chi connectivity index (χ3v) is 3.04. The second kappa shape index (κ2) is 9.36. The molecule has 0 radical (unpaired) electrons. The van der Waals surface area contributed by atoms with E-state index in [1.165, 1.54) is 0 Å². The van der Waals surface area contributed by atoms with E-state index in [0.29, 0.717) is 11.7 Å². The molecule has 0 amide bonds. The Hall–Kier alpha value is -1.81. The molecule has 0 saturated heterocycles. The average Bonchev–Trinajstić information content (AvgIpc) is 2.96. The minimum atomic E-state index is -5.17. The molecular formula is C14H19N3O5S-2. The Morgan fingerprint density at radius 2 is 1.70 bits per heavy atom. The number of benzene rings is 1. The molecule has 0 aliphatic heterocycles. The van der Waals surface area contributed by atoms with Gasteiger partial charge in [0, 0.05) is 28.9 Å². The summed E-state index contributed by atoms with van der Waals surface area (Å²) in [7, 11) is -5.17. The lowest BCUT2D eigenvalue weighted by Gasteiger charge is -2.15. The van der Waals surface area contributed by atoms with Crippen molar-refractivity contribution < 1.29 is 22.0 Å². The van der Waals surface area contributed by atoms with Crippen LogP contribution in [0.2, 0.25) is 0 Å². The van der Waals surface area contributed by atoms with Crippen molar-refractivity contribution in [3.05, 3.63) is 36.2 Å². The summed E-state index contributed by atoms with van der Waals surface area (Å²) in [6.07, 6.45) is 0.807. The summed E-state index contributed by atoms with van der Waals surface area (Å²) in [6.45, 7) is 7.38. The van der Waals surface area contributed by atoms with E-state index in [9.17, 15) is 0 Å². The lowest BCUT2D eigenvalue weighted by atomic mass is 10.2. The smallest absolute Gasteiger partial charge is 0.228 e. The van der Waals surface area contributed by atoms with Crippen molar-refractivity contribution in [2.75, 3.05) is 19.6 Å². The summed E-state index contributed by atoms with van der Waals surface area (Å²) in [4.78, 5) is 6.76. The third-order valence-electron chi connectivity index (χ3n) is 3.04. The Morgan fingerprint density at radius 1 is 1.13 bits per heavy atom. The van der Waals surface area contributed by atoms with E-state index in [2.05, 4.69) is 28.9 Å². The first-order valence-corrected chi connectivity index (χ1v) is 8.43. The molecule has 0 saturated carbocycles. The fraction of sp³-hybridized carbons (Fsp3) is 0.429. The average molecular weight is 341 g/mol. The minimum absolute atomic E-state index is 0.671. The van der Waals surface area contributed by atoms with E-state index in [0.717, 1.165) is 31.6 Å². The summed E-state index contributed by atoms with van der Waals surface area (Å²) in [5.41, 5.74) is 0.996. The maximum Gasteiger partial charge on any atom is 0.228 e. The quantitative estimate of drug-likeness (QED) is 0.569. The molecule has 0 bridgehead atoms. The van der Waals surface area contributed by atoms with E-state index in [4.69, 9.17) is 22.0 Å². The van der Waals surface area contributed by atoms with Gasteiger partial charge in [-0.05, 0) is 13.1 Å². The fourth-order valence-electron chi connectivity index (χ4n) is 1.85. The lowest BCUT2D eigenvalue weighted by Crippen LogP contribution is -2.25. The molecule has 0 aliphatic carbocycles. The highest BCUT2D eigenvalue weighted by molar-refractivity contribution is 7.79. The van der Waals surface area contributed by atoms with Gasteiger partial charge < -0.3 is 18.5 Å². The third kappa shape index (κ3) is 8.41. The standard InChI is InChI=1S/C14H19N3O.H2O4S/c1-3-17(4-2)11-10-13-15-14(16-18-13)12-8-6-5-7-9-12;1-5(2,3)4/h5-9H,3-4,10-11H2,1-2H3;(H2,1,2,3,4)/p-2. The van der Waals surface area contributed by atoms with Crippen LogP contribution < -0.4 is 0 Å². The van der Waals surface area contributed by atoms with Gasteiger partial charge in [-0.3, -0.25) is 8.42 Å². The van der Waals surface area contributed by atoms with E-state index in [1.54, 1.807) is 0 Å². The van der Waals surface area contributed by atoms with Crippen molar-refractivity contribution in [1.29, 1.82) is 0 Å². The molecule has 0 fully saturated rings. The van der Waals surface area contributed by atoms with Crippen LogP contribution in [0.4, 0.5) is 0 Å². The number of likely N-dealkylation sites (N-methyl/N-ethyl adjacent to an activating group) is 1. The summed E-state index contributed by atoms with van der Waals surface area (Å²) in [5, 5.41) is 4.01. The summed E-state index contributed by atoms with van der Waals surface area (Å²) in [5.74, 6) is 1.38. The van der Waals surface area contributed by atoms with Crippen LogP contribution >= 0.6 is 0 Å². The van der Waals surface area contributed by atoms with Gasteiger partial charge in [-0.25, -0.2) is 0 Å². The first kappa shape index (κ1) is 19.2. The SMILES string of the molecule is CCN(CC)CCc1nc(-c2ccccc2)no1.O=S(=O)([O-])[O-]. The summed E-state index contributed by atoms with van der Waals surface area (Å²) >= 11 is 0. The molecule has 1 aromatic carbocycles. The zero-order chi connectivity index (χ0) is 17.3. The van der Waals surface area contributed by atoms with Crippen molar-refractivity contribution >= 4 is 10.4 Å². The molecule has 9 heteroatoms. The van der Waals surface area contributed by atoms with Gasteiger partial charge in [-0.1, -0.05) is 49.3 Å². The van der Waals surface area contributed by atoms with Gasteiger partial charge >= 0.3 is 0 Å². The molecule has 128 valence electrons. The zero-order valence-electron chi connectivity index (χ0n) is 13.0. The van der Waals surface area contributed by atoms with Crippen molar-refractivity contribution in [3.63, 3.8) is 0 Å². The maximum absolute atomic E-state index is 8.52. The Morgan fingerprint density at radius 3 is 2.22 bits per heavy atom. The number of aromatic nitrogens is 2. The Kier molecular flexibility index (Phi) is 7.83. The van der Waals surface area contributed by atoms with Crippen LogP contribution in [0.15, 0.2) is 34.9 Å². The molecule has 2 rings (SSSR count). The number of hydrogen-bond acceptors (Lipinski definition) is 8. The summed E-state index contributed by atoms with van der Waals surface area (Å²) in [6, 6.07) is 9.89. The van der Waals surface area contributed by atoms with E-state index in [-0.39, 0.29) is 0 Å². The monoisotopic (exact) mass is 341 g/mol. The Labute approximate surface area is 135 Å². The van der Waals surface area contributed by atoms with Crippen LogP contribution in [0.25, 0.3) is 11.4 Å². The van der Waals surface area contributed by atoms with E-state index >= 15 is 0 Å². The van der Waals surface area contributed by atoms with Gasteiger partial charge in [-0.15, -0.1) is 0 Å². The molecule has 23 heavy (non-hydrogen) atoms. The zero-order valence-corrected chi connectivity index (χ0v) is 13.8. The normalized spacial score (nSPS) is 11.2. The topological polar surface area (TPSA) is 122 Å². The van der Waals surface area contributed by atoms with Crippen LogP contribution in [-0.4, -0.2) is 52.2 Å². The highest BCUT2D eigenvalue weighted by Gasteiger charge is 2.09. The lowest BCUT2D eigenvalue weighted by molar-refractivity contribution is 0.287. The van der Waals surface area contributed by atoms with Gasteiger partial charge in [0.05, 0.1) is 0 Å². The van der Waals surface area contributed by atoms with Crippen LogP contribution in [0.1, 0.15) is 19.7 Å². The highest BCUT2D eigenvalue weighted by Crippen LogP contribution is 2.14. The fourth-order valence-corrected chi connectivity index (χ4v) is 1.85. The van der Waals surface area contributed by atoms with Gasteiger partial charge in [0.2, 0.25) is 11.7 Å². The molecule has 0 N–H and O–H groups in total. The molecular weight excluding hydrogens is 322 g/mol. The van der Waals surface area contributed by atoms with Gasteiger partial charge in [-0.2, -0.15) is 4.98 Å². The Balaban J connectivity index is 0.000000463. The summed E-state index contributed by atoms with van der Waals surface area (Å²) < 4.78 is 39.4. The molecule has 0 aliphatic rings. The first-order chi connectivity index (χ1) is 10.8. The predicted molar refractivity (Wildman–Crippen MR) is 81.7 cm³/mol. The number of rotatable bonds is 6. The molecule has 0 spiro atoms. The van der Waals surface area contributed by atoms with Gasteiger partial charge in [0.25, 0.3) is 0 Å². The predicted octanol–water partition coefficient (Wildman–Crippen LogP) is 1.28. The maximum atomic E-state index is 8.52. The van der Waals surface area contributed by atoms with E-state index < -0.39 is 10.4 Å². The molecule has 1 heterocycles.